The van der Waals surface area contributed by atoms with Crippen molar-refractivity contribution in [1.29, 1.82) is 0 Å². The summed E-state index contributed by atoms with van der Waals surface area (Å²) in [5, 5.41) is 8.78. The summed E-state index contributed by atoms with van der Waals surface area (Å²) >= 11 is 0. The SMILES string of the molecule is O=C[C@H]1[C@@H](CCCCCCC(=O)O)[C@@H](OC2CCCCO2)C[C@H]1OCc1ccccc1. The summed E-state index contributed by atoms with van der Waals surface area (Å²) in [6.07, 6.45) is 9.11. The second-order valence-electron chi connectivity index (χ2n) is 8.77. The molecule has 31 heavy (non-hydrogen) atoms. The van der Waals surface area contributed by atoms with E-state index >= 15 is 0 Å². The lowest BCUT2D eigenvalue weighted by Gasteiger charge is -2.29. The van der Waals surface area contributed by atoms with Gasteiger partial charge in [0.05, 0.1) is 18.8 Å². The molecule has 1 aliphatic heterocycles. The van der Waals surface area contributed by atoms with Gasteiger partial charge in [-0.15, -0.1) is 0 Å². The highest BCUT2D eigenvalue weighted by molar-refractivity contribution is 5.66. The van der Waals surface area contributed by atoms with Gasteiger partial charge in [-0.05, 0) is 43.6 Å². The fraction of sp³-hybridized carbons (Fsp3) is 0.680. The molecule has 1 heterocycles. The lowest BCUT2D eigenvalue weighted by molar-refractivity contribution is -0.196. The Hall–Kier alpha value is -1.76. The van der Waals surface area contributed by atoms with Crippen molar-refractivity contribution in [1.82, 2.24) is 0 Å². The van der Waals surface area contributed by atoms with Gasteiger partial charge in [-0.2, -0.15) is 0 Å². The normalized spacial score (nSPS) is 28.5. The molecule has 0 aromatic heterocycles. The summed E-state index contributed by atoms with van der Waals surface area (Å²) in [6.45, 7) is 1.22. The maximum absolute atomic E-state index is 12.1. The third kappa shape index (κ3) is 7.70. The zero-order chi connectivity index (χ0) is 21.9. The number of unbranched alkanes of at least 4 members (excludes halogenated alkanes) is 3. The number of ether oxygens (including phenoxy) is 3. The van der Waals surface area contributed by atoms with Crippen molar-refractivity contribution < 1.29 is 28.9 Å². The topological polar surface area (TPSA) is 82.1 Å². The molecule has 1 unspecified atom stereocenters. The van der Waals surface area contributed by atoms with Crippen LogP contribution in [0.15, 0.2) is 30.3 Å². The minimum Gasteiger partial charge on any atom is -0.481 e. The van der Waals surface area contributed by atoms with Crippen molar-refractivity contribution in [2.45, 2.75) is 89.3 Å². The Labute approximate surface area is 185 Å². The smallest absolute Gasteiger partial charge is 0.303 e. The molecule has 172 valence electrons. The molecular weight excluding hydrogens is 396 g/mol. The van der Waals surface area contributed by atoms with Gasteiger partial charge in [0.15, 0.2) is 6.29 Å². The highest BCUT2D eigenvalue weighted by atomic mass is 16.7. The van der Waals surface area contributed by atoms with E-state index in [9.17, 15) is 9.59 Å². The van der Waals surface area contributed by atoms with Crippen LogP contribution in [0, 0.1) is 11.8 Å². The number of carbonyl (C=O) groups excluding carboxylic acids is 1. The van der Waals surface area contributed by atoms with E-state index in [1.807, 2.05) is 30.3 Å². The lowest BCUT2D eigenvalue weighted by Crippen LogP contribution is -2.31. The van der Waals surface area contributed by atoms with Gasteiger partial charge < -0.3 is 24.1 Å². The van der Waals surface area contributed by atoms with Gasteiger partial charge >= 0.3 is 5.97 Å². The number of benzene rings is 1. The third-order valence-corrected chi connectivity index (χ3v) is 6.47. The van der Waals surface area contributed by atoms with E-state index in [0.717, 1.165) is 63.4 Å². The van der Waals surface area contributed by atoms with E-state index in [1.165, 1.54) is 0 Å². The third-order valence-electron chi connectivity index (χ3n) is 6.47. The van der Waals surface area contributed by atoms with Gasteiger partial charge in [0, 0.05) is 25.4 Å². The van der Waals surface area contributed by atoms with Gasteiger partial charge in [-0.1, -0.05) is 49.6 Å². The van der Waals surface area contributed by atoms with Crippen LogP contribution in [0.4, 0.5) is 0 Å². The average molecular weight is 433 g/mol. The Morgan fingerprint density at radius 1 is 1.10 bits per heavy atom. The number of aliphatic carboxylic acids is 1. The van der Waals surface area contributed by atoms with Crippen molar-refractivity contribution in [3.8, 4) is 0 Å². The zero-order valence-corrected chi connectivity index (χ0v) is 18.3. The standard InChI is InChI=1S/C25H36O6/c26-17-21-20(12-6-1-2-7-13-24(27)28)23(31-25-14-8-9-15-29-25)16-22(21)30-18-19-10-4-3-5-11-19/h3-5,10-11,17,20-23,25H,1-2,6-9,12-16,18H2,(H,27,28)/t20-,21+,22-,23+,25?/m1/s1. The number of carboxylic acid groups (broad SMARTS) is 1. The van der Waals surface area contributed by atoms with E-state index in [2.05, 4.69) is 0 Å². The Bertz CT molecular complexity index is 657. The molecule has 1 N–H and O–H groups in total. The van der Waals surface area contributed by atoms with Crippen LogP contribution in [0.25, 0.3) is 0 Å². The molecule has 1 aromatic carbocycles. The Morgan fingerprint density at radius 2 is 1.90 bits per heavy atom. The predicted molar refractivity (Wildman–Crippen MR) is 116 cm³/mol. The fourth-order valence-electron chi connectivity index (χ4n) is 4.79. The molecular formula is C25H36O6. The van der Waals surface area contributed by atoms with E-state index in [1.54, 1.807) is 0 Å². The summed E-state index contributed by atoms with van der Waals surface area (Å²) in [7, 11) is 0. The van der Waals surface area contributed by atoms with Crippen molar-refractivity contribution in [3.63, 3.8) is 0 Å². The maximum Gasteiger partial charge on any atom is 0.303 e. The van der Waals surface area contributed by atoms with E-state index < -0.39 is 5.97 Å². The quantitative estimate of drug-likeness (QED) is 0.358. The van der Waals surface area contributed by atoms with Crippen LogP contribution in [-0.2, 0) is 30.4 Å². The maximum atomic E-state index is 12.1. The number of aldehydes is 1. The molecule has 0 amide bonds. The Kier molecular flexibility index (Phi) is 9.97. The molecule has 6 heteroatoms. The average Bonchev–Trinajstić information content (AvgIpc) is 3.12. The molecule has 0 radical (unpaired) electrons. The summed E-state index contributed by atoms with van der Waals surface area (Å²) < 4.78 is 18.3. The molecule has 2 aliphatic rings. The van der Waals surface area contributed by atoms with Crippen molar-refractivity contribution >= 4 is 12.3 Å². The second-order valence-corrected chi connectivity index (χ2v) is 8.77. The molecule has 1 saturated heterocycles. The van der Waals surface area contributed by atoms with Crippen LogP contribution < -0.4 is 0 Å². The molecule has 0 bridgehead atoms. The minimum absolute atomic E-state index is 0.0434. The van der Waals surface area contributed by atoms with Crippen LogP contribution in [0.2, 0.25) is 0 Å². The van der Waals surface area contributed by atoms with Crippen LogP contribution in [-0.4, -0.2) is 42.5 Å². The molecule has 1 aromatic rings. The van der Waals surface area contributed by atoms with Crippen LogP contribution in [0.1, 0.15) is 69.8 Å². The van der Waals surface area contributed by atoms with E-state index in [0.29, 0.717) is 19.4 Å². The van der Waals surface area contributed by atoms with Crippen LogP contribution >= 0.6 is 0 Å². The van der Waals surface area contributed by atoms with Crippen molar-refractivity contribution in [2.75, 3.05) is 6.61 Å². The van der Waals surface area contributed by atoms with Gasteiger partial charge in [0.2, 0.25) is 0 Å². The van der Waals surface area contributed by atoms with Crippen LogP contribution in [0.5, 0.6) is 0 Å². The first-order valence-corrected chi connectivity index (χ1v) is 11.8. The largest absolute Gasteiger partial charge is 0.481 e. The Balaban J connectivity index is 1.56. The summed E-state index contributed by atoms with van der Waals surface area (Å²) in [4.78, 5) is 22.7. The van der Waals surface area contributed by atoms with Gasteiger partial charge in [0.25, 0.3) is 0 Å². The monoisotopic (exact) mass is 432 g/mol. The molecule has 2 fully saturated rings. The highest BCUT2D eigenvalue weighted by Gasteiger charge is 2.45. The molecule has 5 atom stereocenters. The van der Waals surface area contributed by atoms with Gasteiger partial charge in [-0.3, -0.25) is 4.79 Å². The molecule has 0 spiro atoms. The first-order valence-electron chi connectivity index (χ1n) is 11.8. The fourth-order valence-corrected chi connectivity index (χ4v) is 4.79. The lowest BCUT2D eigenvalue weighted by atomic mass is 9.89. The first-order chi connectivity index (χ1) is 15.2. The highest BCUT2D eigenvalue weighted by Crippen LogP contribution is 2.40. The molecule has 1 aliphatic carbocycles. The van der Waals surface area contributed by atoms with E-state index in [4.69, 9.17) is 19.3 Å². The zero-order valence-electron chi connectivity index (χ0n) is 18.3. The van der Waals surface area contributed by atoms with E-state index in [-0.39, 0.29) is 36.8 Å². The number of rotatable bonds is 13. The van der Waals surface area contributed by atoms with Crippen LogP contribution in [0.3, 0.4) is 0 Å². The predicted octanol–water partition coefficient (Wildman–Crippen LogP) is 4.74. The summed E-state index contributed by atoms with van der Waals surface area (Å²) in [5.74, 6) is -0.809. The minimum atomic E-state index is -0.740. The molecule has 1 saturated carbocycles. The summed E-state index contributed by atoms with van der Waals surface area (Å²) in [6, 6.07) is 10.0. The second kappa shape index (κ2) is 12.9. The number of hydrogen-bond acceptors (Lipinski definition) is 5. The first kappa shape index (κ1) is 23.9. The molecule has 3 rings (SSSR count). The molecule has 6 nitrogen and oxygen atoms in total. The Morgan fingerprint density at radius 3 is 2.61 bits per heavy atom. The number of carbonyl (C=O) groups is 2. The van der Waals surface area contributed by atoms with Crippen molar-refractivity contribution in [2.24, 2.45) is 11.8 Å². The van der Waals surface area contributed by atoms with Gasteiger partial charge in [-0.25, -0.2) is 0 Å². The number of hydrogen-bond donors (Lipinski definition) is 1. The van der Waals surface area contributed by atoms with Gasteiger partial charge in [0.1, 0.15) is 6.29 Å². The van der Waals surface area contributed by atoms with Crippen molar-refractivity contribution in [3.05, 3.63) is 35.9 Å². The summed E-state index contributed by atoms with van der Waals surface area (Å²) in [5.41, 5.74) is 1.10. The number of carboxylic acids is 1.